The van der Waals surface area contributed by atoms with E-state index in [2.05, 4.69) is 0 Å². The van der Waals surface area contributed by atoms with Gasteiger partial charge in [-0.1, -0.05) is 0 Å². The summed E-state index contributed by atoms with van der Waals surface area (Å²) in [5, 5.41) is 13.9. The predicted molar refractivity (Wildman–Crippen MR) is 44.9 cm³/mol. The molecule has 0 saturated heterocycles. The van der Waals surface area contributed by atoms with Gasteiger partial charge in [0.15, 0.2) is 17.4 Å². The van der Waals surface area contributed by atoms with Gasteiger partial charge in [0.05, 0.1) is 0 Å². The summed E-state index contributed by atoms with van der Waals surface area (Å²) in [4.78, 5) is 8.56. The molecule has 0 aliphatic carbocycles. The first-order chi connectivity index (χ1) is 1.73. The van der Waals surface area contributed by atoms with Crippen LogP contribution in [0.1, 0.15) is 0 Å². The van der Waals surface area contributed by atoms with Crippen LogP contribution < -0.4 is 0 Å². The van der Waals surface area contributed by atoms with E-state index in [9.17, 15) is 0 Å². The van der Waals surface area contributed by atoms with E-state index in [0.717, 1.165) is 0 Å². The van der Waals surface area contributed by atoms with Crippen LogP contribution in [-0.4, -0.2) is 128 Å². The van der Waals surface area contributed by atoms with Crippen LogP contribution in [0.3, 0.4) is 0 Å². The molecule has 9 heavy (non-hydrogen) atoms. The van der Waals surface area contributed by atoms with E-state index in [-0.39, 0.29) is 112 Å². The van der Waals surface area contributed by atoms with Crippen LogP contribution in [0.25, 0.3) is 0 Å². The molecule has 0 fully saturated rings. The van der Waals surface area contributed by atoms with Crippen molar-refractivity contribution in [3.8, 4) is 0 Å². The molecule has 0 amide bonds. The zero-order chi connectivity index (χ0) is 3.58. The van der Waals surface area contributed by atoms with Gasteiger partial charge in [0.1, 0.15) is 0 Å². The summed E-state index contributed by atoms with van der Waals surface area (Å²) in [5.74, 6) is 0. The van der Waals surface area contributed by atoms with Gasteiger partial charge in [-0.2, -0.15) is 0 Å². The van der Waals surface area contributed by atoms with Crippen molar-refractivity contribution >= 4 is 107 Å². The standard InChI is InChI=1S/CH2O3.Al.Ca.2H2O.Sr.7H/c2-1(3)4;;;;;;;;;;;;/h(H2,2,3,4);;;2*1H2;;;;;;;;. The summed E-state index contributed by atoms with van der Waals surface area (Å²) in [7, 11) is 0. The fraction of sp³-hybridized carbons (Fsp3) is 0. The third-order valence-corrected chi connectivity index (χ3v) is 0. The molecule has 0 aromatic rings. The summed E-state index contributed by atoms with van der Waals surface area (Å²) < 4.78 is 0. The van der Waals surface area contributed by atoms with Gasteiger partial charge in [-0.25, -0.2) is 4.79 Å². The Morgan fingerprint density at radius 2 is 1.11 bits per heavy atom. The van der Waals surface area contributed by atoms with Crippen molar-refractivity contribution < 1.29 is 26.0 Å². The minimum atomic E-state index is -1.83. The second kappa shape index (κ2) is 31.4. The van der Waals surface area contributed by atoms with Gasteiger partial charge in [-0.15, -0.1) is 0 Å². The summed E-state index contributed by atoms with van der Waals surface area (Å²) in [6, 6.07) is 0. The first-order valence-electron chi connectivity index (χ1n) is 0.651. The molecule has 6 N–H and O–H groups in total. The maximum atomic E-state index is 8.56. The van der Waals surface area contributed by atoms with Crippen molar-refractivity contribution in [1.29, 1.82) is 0 Å². The van der Waals surface area contributed by atoms with Crippen molar-refractivity contribution in [1.82, 2.24) is 0 Å². The zero-order valence-corrected chi connectivity index (χ0v) is 2.80. The maximum absolute atomic E-state index is 8.56. The Bertz CT molecular complexity index is 39.9. The number of hydrogen-bond acceptors (Lipinski definition) is 1. The van der Waals surface area contributed by atoms with E-state index in [1.165, 1.54) is 0 Å². The Morgan fingerprint density at radius 1 is 1.11 bits per heavy atom. The molecule has 0 bridgehead atoms. The fourth-order valence-corrected chi connectivity index (χ4v) is 0. The van der Waals surface area contributed by atoms with Crippen molar-refractivity contribution in [3.63, 3.8) is 0 Å². The van der Waals surface area contributed by atoms with Crippen LogP contribution in [0, 0.1) is 0 Å². The van der Waals surface area contributed by atoms with Crippen molar-refractivity contribution in [2.45, 2.75) is 0 Å². The summed E-state index contributed by atoms with van der Waals surface area (Å²) >= 11 is 0. The van der Waals surface area contributed by atoms with Crippen LogP contribution in [0.4, 0.5) is 4.79 Å². The zero-order valence-electron chi connectivity index (χ0n) is 2.80. The van der Waals surface area contributed by atoms with E-state index in [0.29, 0.717) is 0 Å². The predicted octanol–water partition coefficient (Wildman–Crippen LogP) is -4.44. The topological polar surface area (TPSA) is 121 Å². The molecular formula is CH13AlCaO5Sr. The number of hydrogen-bond donors (Lipinski definition) is 2. The average molecular weight is 260 g/mol. The minimum absolute atomic E-state index is 0. The van der Waals surface area contributed by atoms with Crippen LogP contribution in [0.5, 0.6) is 0 Å². The number of carboxylic acid groups (broad SMARTS) is 2. The van der Waals surface area contributed by atoms with Gasteiger partial charge in [0.2, 0.25) is 0 Å². The van der Waals surface area contributed by atoms with Crippen molar-refractivity contribution in [3.05, 3.63) is 0 Å². The molecule has 0 atom stereocenters. The molecule has 0 aromatic heterocycles. The van der Waals surface area contributed by atoms with Gasteiger partial charge in [-0.3, -0.25) is 0 Å². The molecule has 5 nitrogen and oxygen atoms in total. The average Bonchev–Trinajstić information content (AvgIpc) is 0.811. The number of carbonyl (C=O) groups is 1. The Hall–Kier alpha value is 2.46. The molecule has 0 radical (unpaired) electrons. The summed E-state index contributed by atoms with van der Waals surface area (Å²) in [6.07, 6.45) is -1.83. The SMILES string of the molecule is O.O.O=C(O)O.[AlH3].[CaH2].[SrH2]. The molecule has 0 rings (SSSR count). The molecule has 0 aromatic carbocycles. The molecule has 0 aliphatic heterocycles. The molecule has 8 heteroatoms. The molecule has 0 heterocycles. The van der Waals surface area contributed by atoms with Crippen LogP contribution >= 0.6 is 0 Å². The molecule has 54 valence electrons. The van der Waals surface area contributed by atoms with Gasteiger partial charge >= 0.3 is 89.4 Å². The van der Waals surface area contributed by atoms with E-state index in [1.807, 2.05) is 0 Å². The second-order valence-electron chi connectivity index (χ2n) is 0.283. The Labute approximate surface area is 130 Å². The van der Waals surface area contributed by atoms with Crippen LogP contribution in [-0.2, 0) is 0 Å². The first-order valence-corrected chi connectivity index (χ1v) is 0.651. The van der Waals surface area contributed by atoms with E-state index >= 15 is 0 Å². The molecule has 0 spiro atoms. The Balaban J connectivity index is -0.00000000450. The molecule has 0 saturated carbocycles. The molecule has 0 unspecified atom stereocenters. The molecule has 0 aliphatic rings. The van der Waals surface area contributed by atoms with Crippen molar-refractivity contribution in [2.24, 2.45) is 0 Å². The third-order valence-electron chi connectivity index (χ3n) is 0. The summed E-state index contributed by atoms with van der Waals surface area (Å²) in [6.45, 7) is 0. The first kappa shape index (κ1) is 42.0. The van der Waals surface area contributed by atoms with Gasteiger partial charge in [0, 0.05) is 0 Å². The van der Waals surface area contributed by atoms with Gasteiger partial charge in [-0.05, 0) is 0 Å². The quantitative estimate of drug-likeness (QED) is 0.427. The van der Waals surface area contributed by atoms with Crippen LogP contribution in [0.2, 0.25) is 0 Å². The van der Waals surface area contributed by atoms with Gasteiger partial charge in [0.25, 0.3) is 0 Å². The van der Waals surface area contributed by atoms with Gasteiger partial charge < -0.3 is 21.2 Å². The normalized spacial score (nSPS) is 2.67. The summed E-state index contributed by atoms with van der Waals surface area (Å²) in [5.41, 5.74) is 0. The van der Waals surface area contributed by atoms with E-state index < -0.39 is 6.16 Å². The Morgan fingerprint density at radius 3 is 1.11 bits per heavy atom. The second-order valence-corrected chi connectivity index (χ2v) is 0.283. The fourth-order valence-electron chi connectivity index (χ4n) is 0. The van der Waals surface area contributed by atoms with E-state index in [1.54, 1.807) is 0 Å². The van der Waals surface area contributed by atoms with E-state index in [4.69, 9.17) is 15.0 Å². The Kier molecular flexibility index (Phi) is 147. The number of rotatable bonds is 0. The molecular weight excluding hydrogens is 247 g/mol. The third kappa shape index (κ3) is 124. The monoisotopic (exact) mass is 260 g/mol. The van der Waals surface area contributed by atoms with Crippen molar-refractivity contribution in [2.75, 3.05) is 0 Å². The van der Waals surface area contributed by atoms with Crippen LogP contribution in [0.15, 0.2) is 0 Å².